The van der Waals surface area contributed by atoms with Crippen LogP contribution in [0.25, 0.3) is 0 Å². The van der Waals surface area contributed by atoms with Gasteiger partial charge in [-0.05, 0) is 34.5 Å². The molecule has 3 N–H and O–H groups in total. The van der Waals surface area contributed by atoms with Crippen molar-refractivity contribution < 1.29 is 14.6 Å². The number of aliphatic hydroxyl groups is 1. The van der Waals surface area contributed by atoms with Gasteiger partial charge in [-0.15, -0.1) is 0 Å². The zero-order valence-corrected chi connectivity index (χ0v) is 14.6. The van der Waals surface area contributed by atoms with Crippen molar-refractivity contribution in [3.63, 3.8) is 0 Å². The summed E-state index contributed by atoms with van der Waals surface area (Å²) in [5, 5.41) is 16.4. The van der Waals surface area contributed by atoms with Gasteiger partial charge in [0.2, 0.25) is 5.91 Å². The van der Waals surface area contributed by atoms with E-state index in [1.807, 2.05) is 12.1 Å². The molecule has 0 spiro atoms. The van der Waals surface area contributed by atoms with Crippen LogP contribution in [0.5, 0.6) is 5.75 Å². The molecule has 2 aliphatic heterocycles. The van der Waals surface area contributed by atoms with Gasteiger partial charge in [-0.1, -0.05) is 0 Å². The molecule has 2 aliphatic rings. The first-order valence-electron chi connectivity index (χ1n) is 7.98. The number of ether oxygens (including phenoxy) is 1. The highest BCUT2D eigenvalue weighted by atomic mass is 79.9. The minimum Gasteiger partial charge on any atom is -0.490 e. The van der Waals surface area contributed by atoms with Gasteiger partial charge in [0.25, 0.3) is 0 Å². The third-order valence-corrected chi connectivity index (χ3v) is 4.86. The SMILES string of the molecule is O=C1CCc2c(OCC(O)CN3CCNCC3)ccc(Br)c2N1. The lowest BCUT2D eigenvalue weighted by atomic mass is 10.0. The predicted octanol–water partition coefficient (Wildman–Crippen LogP) is 0.979. The first kappa shape index (κ1) is 16.7. The Hall–Kier alpha value is -1.15. The predicted molar refractivity (Wildman–Crippen MR) is 91.9 cm³/mol. The number of aliphatic hydroxyl groups excluding tert-OH is 1. The second kappa shape index (κ2) is 7.61. The van der Waals surface area contributed by atoms with E-state index in [1.165, 1.54) is 0 Å². The van der Waals surface area contributed by atoms with Gasteiger partial charge in [0.15, 0.2) is 0 Å². The minimum absolute atomic E-state index is 0.0223. The molecule has 0 aliphatic carbocycles. The van der Waals surface area contributed by atoms with Crippen LogP contribution in [0.2, 0.25) is 0 Å². The molecule has 23 heavy (non-hydrogen) atoms. The van der Waals surface area contributed by atoms with Gasteiger partial charge >= 0.3 is 0 Å². The maximum absolute atomic E-state index is 11.6. The van der Waals surface area contributed by atoms with Gasteiger partial charge in [0.1, 0.15) is 18.5 Å². The van der Waals surface area contributed by atoms with Crippen molar-refractivity contribution in [2.24, 2.45) is 0 Å². The summed E-state index contributed by atoms with van der Waals surface area (Å²) in [7, 11) is 0. The topological polar surface area (TPSA) is 73.8 Å². The van der Waals surface area contributed by atoms with Crippen molar-refractivity contribution in [1.29, 1.82) is 0 Å². The molecule has 0 aromatic heterocycles. The van der Waals surface area contributed by atoms with E-state index in [1.54, 1.807) is 0 Å². The second-order valence-corrected chi connectivity index (χ2v) is 6.82. The van der Waals surface area contributed by atoms with E-state index < -0.39 is 6.10 Å². The molecule has 1 saturated heterocycles. The van der Waals surface area contributed by atoms with E-state index in [-0.39, 0.29) is 12.5 Å². The number of fused-ring (bicyclic) bond motifs is 1. The molecule has 7 heteroatoms. The van der Waals surface area contributed by atoms with E-state index in [4.69, 9.17) is 4.74 Å². The normalized spacial score (nSPS) is 19.8. The van der Waals surface area contributed by atoms with Crippen molar-refractivity contribution in [2.75, 3.05) is 44.6 Å². The molecular weight excluding hydrogens is 362 g/mol. The average molecular weight is 384 g/mol. The maximum Gasteiger partial charge on any atom is 0.224 e. The fourth-order valence-corrected chi connectivity index (χ4v) is 3.46. The Balaban J connectivity index is 1.59. The minimum atomic E-state index is -0.523. The Morgan fingerprint density at radius 2 is 2.09 bits per heavy atom. The summed E-state index contributed by atoms with van der Waals surface area (Å²) in [4.78, 5) is 13.8. The molecule has 1 fully saturated rings. The van der Waals surface area contributed by atoms with E-state index in [0.29, 0.717) is 19.4 Å². The number of nitrogens with zero attached hydrogens (tertiary/aromatic N) is 1. The summed E-state index contributed by atoms with van der Waals surface area (Å²) in [6.07, 6.45) is 0.595. The number of nitrogens with one attached hydrogen (secondary N) is 2. The average Bonchev–Trinajstić information content (AvgIpc) is 2.55. The van der Waals surface area contributed by atoms with Crippen molar-refractivity contribution in [2.45, 2.75) is 18.9 Å². The summed E-state index contributed by atoms with van der Waals surface area (Å²) in [5.74, 6) is 0.761. The van der Waals surface area contributed by atoms with Gasteiger partial charge in [0, 0.05) is 49.2 Å². The number of amides is 1. The van der Waals surface area contributed by atoms with Gasteiger partial charge in [-0.3, -0.25) is 9.69 Å². The monoisotopic (exact) mass is 383 g/mol. The van der Waals surface area contributed by atoms with Crippen molar-refractivity contribution in [1.82, 2.24) is 10.2 Å². The highest BCUT2D eigenvalue weighted by Crippen LogP contribution is 2.37. The first-order valence-corrected chi connectivity index (χ1v) is 8.78. The molecule has 1 aromatic rings. The molecule has 0 saturated carbocycles. The number of benzene rings is 1. The zero-order chi connectivity index (χ0) is 16.2. The van der Waals surface area contributed by atoms with Crippen LogP contribution in [0.1, 0.15) is 12.0 Å². The fraction of sp³-hybridized carbons (Fsp3) is 0.562. The molecule has 6 nitrogen and oxygen atoms in total. The number of piperazine rings is 1. The van der Waals surface area contributed by atoms with Crippen LogP contribution in [0, 0.1) is 0 Å². The molecule has 1 amide bonds. The van der Waals surface area contributed by atoms with Crippen LogP contribution < -0.4 is 15.4 Å². The smallest absolute Gasteiger partial charge is 0.224 e. The second-order valence-electron chi connectivity index (χ2n) is 5.96. The summed E-state index contributed by atoms with van der Waals surface area (Å²) >= 11 is 3.46. The van der Waals surface area contributed by atoms with Gasteiger partial charge in [0.05, 0.1) is 5.69 Å². The maximum atomic E-state index is 11.6. The molecule has 126 valence electrons. The van der Waals surface area contributed by atoms with Gasteiger partial charge in [-0.2, -0.15) is 0 Å². The standard InChI is InChI=1S/C16H22BrN3O3/c17-13-2-3-14(12-1-4-15(22)19-16(12)13)23-10-11(21)9-20-7-5-18-6-8-20/h2-3,11,18,21H,1,4-10H2,(H,19,22). The molecule has 3 rings (SSSR count). The Labute approximate surface area is 144 Å². The lowest BCUT2D eigenvalue weighted by Gasteiger charge is -2.29. The third kappa shape index (κ3) is 4.23. The van der Waals surface area contributed by atoms with E-state index >= 15 is 0 Å². The Kier molecular flexibility index (Phi) is 5.53. The molecule has 2 heterocycles. The lowest BCUT2D eigenvalue weighted by molar-refractivity contribution is -0.116. The third-order valence-electron chi connectivity index (χ3n) is 4.20. The Morgan fingerprint density at radius 3 is 2.87 bits per heavy atom. The summed E-state index contributed by atoms with van der Waals surface area (Å²) in [5.41, 5.74) is 1.78. The molecule has 0 radical (unpaired) electrons. The number of hydrogen-bond acceptors (Lipinski definition) is 5. The van der Waals surface area contributed by atoms with E-state index in [9.17, 15) is 9.90 Å². The Morgan fingerprint density at radius 1 is 1.30 bits per heavy atom. The Bertz CT molecular complexity index is 576. The number of anilines is 1. The van der Waals surface area contributed by atoms with Crippen LogP contribution in [0.15, 0.2) is 16.6 Å². The van der Waals surface area contributed by atoms with Crippen molar-refractivity contribution in [3.8, 4) is 5.75 Å². The molecule has 1 atom stereocenters. The molecule has 0 bridgehead atoms. The summed E-state index contributed by atoms with van der Waals surface area (Å²) in [6, 6.07) is 3.75. The quantitative estimate of drug-likeness (QED) is 0.706. The van der Waals surface area contributed by atoms with Crippen molar-refractivity contribution in [3.05, 3.63) is 22.2 Å². The fourth-order valence-electron chi connectivity index (χ4n) is 2.99. The van der Waals surface area contributed by atoms with Crippen LogP contribution in [0.3, 0.4) is 0 Å². The first-order chi connectivity index (χ1) is 11.1. The summed E-state index contributed by atoms with van der Waals surface area (Å²) < 4.78 is 6.69. The van der Waals surface area contributed by atoms with E-state index in [2.05, 4.69) is 31.5 Å². The lowest BCUT2D eigenvalue weighted by Crippen LogP contribution is -2.47. The number of carbonyl (C=O) groups is 1. The van der Waals surface area contributed by atoms with Crippen LogP contribution in [-0.4, -0.2) is 61.3 Å². The number of carbonyl (C=O) groups excluding carboxylic acids is 1. The van der Waals surface area contributed by atoms with E-state index in [0.717, 1.165) is 47.7 Å². The zero-order valence-electron chi connectivity index (χ0n) is 13.0. The number of β-amino-alcohol motifs (C(OH)–C–C–N with tert-alkyl or cyclic N) is 1. The number of halogens is 1. The highest BCUT2D eigenvalue weighted by Gasteiger charge is 2.22. The van der Waals surface area contributed by atoms with Gasteiger partial charge in [-0.25, -0.2) is 0 Å². The summed E-state index contributed by atoms with van der Waals surface area (Å²) in [6.45, 7) is 4.72. The molecular formula is C16H22BrN3O3. The van der Waals surface area contributed by atoms with Crippen LogP contribution >= 0.6 is 15.9 Å². The van der Waals surface area contributed by atoms with Crippen molar-refractivity contribution >= 4 is 27.5 Å². The molecule has 1 aromatic carbocycles. The number of rotatable bonds is 5. The molecule has 1 unspecified atom stereocenters. The largest absolute Gasteiger partial charge is 0.490 e. The highest BCUT2D eigenvalue weighted by molar-refractivity contribution is 9.10. The van der Waals surface area contributed by atoms with Crippen LogP contribution in [-0.2, 0) is 11.2 Å². The number of hydrogen-bond donors (Lipinski definition) is 3. The van der Waals surface area contributed by atoms with Crippen LogP contribution in [0.4, 0.5) is 5.69 Å². The van der Waals surface area contributed by atoms with Gasteiger partial charge < -0.3 is 20.5 Å².